The fraction of sp³-hybridized carbons (Fsp3) is 0.0968. The zero-order valence-electron chi connectivity index (χ0n) is 22.9. The van der Waals surface area contributed by atoms with Gasteiger partial charge >= 0.3 is 0 Å². The number of furan rings is 1. The Labute approximate surface area is 248 Å². The van der Waals surface area contributed by atoms with Crippen molar-refractivity contribution in [2.24, 2.45) is 0 Å². The summed E-state index contributed by atoms with van der Waals surface area (Å²) in [5, 5.41) is 3.27. The minimum absolute atomic E-state index is 0.137. The quantitative estimate of drug-likeness (QED) is 0.212. The van der Waals surface area contributed by atoms with Crippen LogP contribution in [0.25, 0.3) is 54.2 Å². The molecule has 0 aliphatic carbocycles. The number of sulfonamides is 1. The third-order valence-electron chi connectivity index (χ3n) is 7.06. The Balaban J connectivity index is 1.62. The molecule has 7 nitrogen and oxygen atoms in total. The van der Waals surface area contributed by atoms with E-state index in [2.05, 4.69) is 10.3 Å². The van der Waals surface area contributed by atoms with Crippen LogP contribution in [0.1, 0.15) is 10.4 Å². The van der Waals surface area contributed by atoms with Crippen LogP contribution in [0.4, 0.5) is 18.9 Å². The van der Waals surface area contributed by atoms with Gasteiger partial charge in [0.1, 0.15) is 33.8 Å². The number of halogens is 3. The van der Waals surface area contributed by atoms with E-state index in [0.717, 1.165) is 21.9 Å². The van der Waals surface area contributed by atoms with Gasteiger partial charge in [-0.25, -0.2) is 26.6 Å². The molecule has 12 heteroatoms. The van der Waals surface area contributed by atoms with Crippen molar-refractivity contribution >= 4 is 54.1 Å². The van der Waals surface area contributed by atoms with E-state index in [1.165, 1.54) is 80.8 Å². The van der Waals surface area contributed by atoms with E-state index in [0.29, 0.717) is 37.3 Å². The maximum absolute atomic E-state index is 15.2. The Kier molecular flexibility index (Phi) is 6.98. The Morgan fingerprint density at radius 1 is 0.907 bits per heavy atom. The molecule has 0 fully saturated rings. The van der Waals surface area contributed by atoms with Crippen LogP contribution in [-0.4, -0.2) is 39.7 Å². The molecule has 0 spiro atoms. The maximum Gasteiger partial charge on any atom is 0.255 e. The summed E-state index contributed by atoms with van der Waals surface area (Å²) < 4.78 is 75.8. The lowest BCUT2D eigenvalue weighted by atomic mass is 9.97. The number of nitrogens with zero attached hydrogens (tertiary/aromatic N) is 2. The number of nitrogens with one attached hydrogen (secondary N) is 1. The summed E-state index contributed by atoms with van der Waals surface area (Å²) in [6.45, 7) is 0. The highest BCUT2D eigenvalue weighted by atomic mass is 32.2. The van der Waals surface area contributed by atoms with Gasteiger partial charge in [-0.05, 0) is 66.2 Å². The SMILES string of the molecule is CNC(=O)c1c(-c2ccc(F)cc2)oc2cc(N(C)S(C)(=O)=O)c(-c3ccc(F)c(-c4nc5ccc(F)cc5s4)c3)cc12. The molecule has 218 valence electrons. The third kappa shape index (κ3) is 5.12. The van der Waals surface area contributed by atoms with Crippen LogP contribution in [0.2, 0.25) is 0 Å². The highest BCUT2D eigenvalue weighted by molar-refractivity contribution is 7.92. The number of aromatic nitrogens is 1. The molecule has 0 atom stereocenters. The fourth-order valence-corrected chi connectivity index (χ4v) is 6.34. The van der Waals surface area contributed by atoms with Gasteiger partial charge in [0.15, 0.2) is 0 Å². The number of carbonyl (C=O) groups excluding carboxylic acids is 1. The lowest BCUT2D eigenvalue weighted by Crippen LogP contribution is -2.25. The van der Waals surface area contributed by atoms with Crippen LogP contribution in [0.5, 0.6) is 0 Å². The van der Waals surface area contributed by atoms with Crippen molar-refractivity contribution in [1.29, 1.82) is 0 Å². The molecule has 2 aromatic heterocycles. The number of rotatable bonds is 6. The first-order chi connectivity index (χ1) is 20.4. The first-order valence-corrected chi connectivity index (χ1v) is 15.5. The van der Waals surface area contributed by atoms with Crippen molar-refractivity contribution in [2.45, 2.75) is 0 Å². The van der Waals surface area contributed by atoms with Crippen LogP contribution >= 0.6 is 11.3 Å². The molecule has 6 rings (SSSR count). The third-order valence-corrected chi connectivity index (χ3v) is 9.30. The molecule has 2 heterocycles. The Morgan fingerprint density at radius 2 is 1.60 bits per heavy atom. The number of carbonyl (C=O) groups is 1. The van der Waals surface area contributed by atoms with Crippen molar-refractivity contribution in [2.75, 3.05) is 24.7 Å². The van der Waals surface area contributed by atoms with Gasteiger partial charge in [0.2, 0.25) is 10.0 Å². The van der Waals surface area contributed by atoms with Crippen LogP contribution in [0, 0.1) is 17.5 Å². The van der Waals surface area contributed by atoms with Crippen LogP contribution in [-0.2, 0) is 10.0 Å². The monoisotopic (exact) mass is 621 g/mol. The minimum Gasteiger partial charge on any atom is -0.455 e. The summed E-state index contributed by atoms with van der Waals surface area (Å²) in [7, 11) is -0.949. The zero-order chi connectivity index (χ0) is 30.6. The molecular weight excluding hydrogens is 599 g/mol. The molecular formula is C31H22F3N3O4S2. The smallest absolute Gasteiger partial charge is 0.255 e. The molecule has 0 aliphatic heterocycles. The Morgan fingerprint density at radius 3 is 2.30 bits per heavy atom. The van der Waals surface area contributed by atoms with Gasteiger partial charge in [0, 0.05) is 42.2 Å². The van der Waals surface area contributed by atoms with E-state index in [-0.39, 0.29) is 28.2 Å². The predicted molar refractivity (Wildman–Crippen MR) is 162 cm³/mol. The minimum atomic E-state index is -3.78. The number of amides is 1. The van der Waals surface area contributed by atoms with Gasteiger partial charge in [0.25, 0.3) is 5.91 Å². The van der Waals surface area contributed by atoms with Crippen LogP contribution < -0.4 is 9.62 Å². The van der Waals surface area contributed by atoms with Crippen molar-refractivity contribution < 1.29 is 30.8 Å². The van der Waals surface area contributed by atoms with E-state index in [1.807, 2.05) is 0 Å². The second-order valence-corrected chi connectivity index (χ2v) is 12.9. The Bertz CT molecular complexity index is 2170. The fourth-order valence-electron chi connectivity index (χ4n) is 4.83. The van der Waals surface area contributed by atoms with E-state index in [4.69, 9.17) is 4.42 Å². The van der Waals surface area contributed by atoms with Gasteiger partial charge in [0.05, 0.1) is 27.7 Å². The first kappa shape index (κ1) is 28.4. The second-order valence-electron chi connectivity index (χ2n) is 9.81. The molecule has 0 saturated heterocycles. The highest BCUT2D eigenvalue weighted by Gasteiger charge is 2.26. The lowest BCUT2D eigenvalue weighted by Gasteiger charge is -2.21. The number of benzene rings is 4. The molecule has 0 radical (unpaired) electrons. The summed E-state index contributed by atoms with van der Waals surface area (Å²) in [5.41, 5.74) is 2.46. The Hall–Kier alpha value is -4.68. The summed E-state index contributed by atoms with van der Waals surface area (Å²) in [5.74, 6) is -1.79. The molecule has 43 heavy (non-hydrogen) atoms. The van der Waals surface area contributed by atoms with Crippen molar-refractivity contribution in [3.63, 3.8) is 0 Å². The normalized spacial score (nSPS) is 11.8. The average Bonchev–Trinajstić information content (AvgIpc) is 3.56. The van der Waals surface area contributed by atoms with E-state index < -0.39 is 33.4 Å². The molecule has 1 N–H and O–H groups in total. The van der Waals surface area contributed by atoms with Gasteiger partial charge in [-0.1, -0.05) is 6.07 Å². The molecule has 0 bridgehead atoms. The summed E-state index contributed by atoms with van der Waals surface area (Å²) >= 11 is 1.12. The summed E-state index contributed by atoms with van der Waals surface area (Å²) in [6.07, 6.45) is 1.04. The average molecular weight is 622 g/mol. The standard InChI is InChI=1S/C31H22F3N3O4S2/c1-35-30(38)28-22-14-20(17-6-10-23(34)21(12-17)31-36-24-11-9-19(33)13-27(24)42-31)25(37(2)43(3,39)40)15-26(22)41-29(28)16-4-7-18(32)8-5-16/h4-15H,1-3H3,(H,35,38). The number of anilines is 1. The first-order valence-electron chi connectivity index (χ1n) is 12.8. The molecule has 6 aromatic rings. The van der Waals surface area contributed by atoms with Crippen molar-refractivity contribution in [3.05, 3.63) is 95.8 Å². The topological polar surface area (TPSA) is 92.5 Å². The number of fused-ring (bicyclic) bond motifs is 2. The zero-order valence-corrected chi connectivity index (χ0v) is 24.5. The van der Waals surface area contributed by atoms with Crippen LogP contribution in [0.3, 0.4) is 0 Å². The molecule has 0 unspecified atom stereocenters. The lowest BCUT2D eigenvalue weighted by molar-refractivity contribution is 0.0964. The van der Waals surface area contributed by atoms with Crippen molar-refractivity contribution in [3.8, 4) is 33.0 Å². The number of hydrogen-bond acceptors (Lipinski definition) is 6. The van der Waals surface area contributed by atoms with E-state index in [1.54, 1.807) is 6.07 Å². The largest absolute Gasteiger partial charge is 0.455 e. The second kappa shape index (κ2) is 10.5. The number of thiazole rings is 1. The van der Waals surface area contributed by atoms with Gasteiger partial charge < -0.3 is 9.73 Å². The van der Waals surface area contributed by atoms with E-state index >= 15 is 4.39 Å². The summed E-state index contributed by atoms with van der Waals surface area (Å²) in [6, 6.07) is 16.9. The van der Waals surface area contributed by atoms with Gasteiger partial charge in [-0.2, -0.15) is 0 Å². The van der Waals surface area contributed by atoms with Gasteiger partial charge in [-0.3, -0.25) is 9.10 Å². The number of hydrogen-bond donors (Lipinski definition) is 1. The predicted octanol–water partition coefficient (Wildman–Crippen LogP) is 7.22. The van der Waals surface area contributed by atoms with Crippen molar-refractivity contribution in [1.82, 2.24) is 10.3 Å². The maximum atomic E-state index is 15.2. The molecule has 4 aromatic carbocycles. The molecule has 0 saturated carbocycles. The van der Waals surface area contributed by atoms with E-state index in [9.17, 15) is 22.0 Å². The molecule has 1 amide bonds. The van der Waals surface area contributed by atoms with Crippen LogP contribution in [0.15, 0.2) is 77.2 Å². The highest BCUT2D eigenvalue weighted by Crippen LogP contribution is 2.43. The van der Waals surface area contributed by atoms with Gasteiger partial charge in [-0.15, -0.1) is 11.3 Å². The molecule has 0 aliphatic rings. The summed E-state index contributed by atoms with van der Waals surface area (Å²) in [4.78, 5) is 17.6.